The van der Waals surface area contributed by atoms with E-state index in [2.05, 4.69) is 57.3 Å². The average Bonchev–Trinajstić information content (AvgIpc) is 2.39. The van der Waals surface area contributed by atoms with Crippen LogP contribution >= 0.6 is 0 Å². The van der Waals surface area contributed by atoms with Gasteiger partial charge in [-0.15, -0.1) is 0 Å². The van der Waals surface area contributed by atoms with Gasteiger partial charge in [-0.2, -0.15) is 0 Å². The molecule has 2 unspecified atom stereocenters. The molecule has 0 spiro atoms. The normalized spacial score (nSPS) is 14.3. The number of fused-ring (bicyclic) bond motifs is 1. The van der Waals surface area contributed by atoms with E-state index in [9.17, 15) is 0 Å². The SMILES string of the molecule is CCC(C)CC(C)Nc1nc2ccccc2cc1C. The molecule has 0 aliphatic carbocycles. The van der Waals surface area contributed by atoms with Gasteiger partial charge in [0.25, 0.3) is 0 Å². The number of aromatic nitrogens is 1. The van der Waals surface area contributed by atoms with Gasteiger partial charge in [0, 0.05) is 11.4 Å². The summed E-state index contributed by atoms with van der Waals surface area (Å²) in [6, 6.07) is 10.9. The van der Waals surface area contributed by atoms with Gasteiger partial charge in [0.15, 0.2) is 0 Å². The topological polar surface area (TPSA) is 24.9 Å². The molecule has 0 aliphatic rings. The van der Waals surface area contributed by atoms with E-state index in [1.165, 1.54) is 23.8 Å². The molecule has 0 aliphatic heterocycles. The summed E-state index contributed by atoms with van der Waals surface area (Å²) in [5.41, 5.74) is 2.28. The summed E-state index contributed by atoms with van der Waals surface area (Å²) < 4.78 is 0. The van der Waals surface area contributed by atoms with Crippen LogP contribution in [0.3, 0.4) is 0 Å². The zero-order chi connectivity index (χ0) is 13.8. The molecule has 102 valence electrons. The maximum absolute atomic E-state index is 4.74. The summed E-state index contributed by atoms with van der Waals surface area (Å²) in [6.07, 6.45) is 2.42. The summed E-state index contributed by atoms with van der Waals surface area (Å²) in [5.74, 6) is 1.78. The van der Waals surface area contributed by atoms with Crippen LogP contribution in [0.4, 0.5) is 5.82 Å². The van der Waals surface area contributed by atoms with Gasteiger partial charge in [0.05, 0.1) is 5.52 Å². The Labute approximate surface area is 116 Å². The van der Waals surface area contributed by atoms with E-state index in [1.54, 1.807) is 0 Å². The number of hydrogen-bond acceptors (Lipinski definition) is 2. The number of rotatable bonds is 5. The van der Waals surface area contributed by atoms with E-state index in [0.29, 0.717) is 6.04 Å². The van der Waals surface area contributed by atoms with Gasteiger partial charge in [-0.3, -0.25) is 0 Å². The van der Waals surface area contributed by atoms with E-state index >= 15 is 0 Å². The predicted octanol–water partition coefficient (Wildman–Crippen LogP) is 4.78. The lowest BCUT2D eigenvalue weighted by Gasteiger charge is -2.19. The van der Waals surface area contributed by atoms with E-state index in [1.807, 2.05) is 6.07 Å². The smallest absolute Gasteiger partial charge is 0.129 e. The van der Waals surface area contributed by atoms with Gasteiger partial charge >= 0.3 is 0 Å². The monoisotopic (exact) mass is 256 g/mol. The zero-order valence-electron chi connectivity index (χ0n) is 12.4. The molecule has 2 rings (SSSR count). The van der Waals surface area contributed by atoms with Crippen molar-refractivity contribution in [1.82, 2.24) is 4.98 Å². The highest BCUT2D eigenvalue weighted by Crippen LogP contribution is 2.21. The molecule has 0 amide bonds. The second-order valence-corrected chi connectivity index (χ2v) is 5.64. The van der Waals surface area contributed by atoms with Gasteiger partial charge < -0.3 is 5.32 Å². The molecule has 1 aromatic heterocycles. The van der Waals surface area contributed by atoms with Crippen molar-refractivity contribution in [2.75, 3.05) is 5.32 Å². The van der Waals surface area contributed by atoms with Crippen molar-refractivity contribution < 1.29 is 0 Å². The third kappa shape index (κ3) is 3.46. The Morgan fingerprint density at radius 2 is 1.95 bits per heavy atom. The molecule has 0 fully saturated rings. The molecule has 0 saturated carbocycles. The highest BCUT2D eigenvalue weighted by Gasteiger charge is 2.10. The molecular weight excluding hydrogens is 232 g/mol. The average molecular weight is 256 g/mol. The van der Waals surface area contributed by atoms with Crippen molar-refractivity contribution >= 4 is 16.7 Å². The Bertz CT molecular complexity index is 548. The van der Waals surface area contributed by atoms with E-state index < -0.39 is 0 Å². The number of nitrogens with one attached hydrogen (secondary N) is 1. The minimum atomic E-state index is 0.460. The zero-order valence-corrected chi connectivity index (χ0v) is 12.4. The number of para-hydroxylation sites is 1. The van der Waals surface area contributed by atoms with Crippen LogP contribution in [0, 0.1) is 12.8 Å². The van der Waals surface area contributed by atoms with Crippen LogP contribution in [0.15, 0.2) is 30.3 Å². The van der Waals surface area contributed by atoms with E-state index in [0.717, 1.165) is 17.3 Å². The van der Waals surface area contributed by atoms with Gasteiger partial charge in [-0.25, -0.2) is 4.98 Å². The Morgan fingerprint density at radius 1 is 1.21 bits per heavy atom. The molecular formula is C17H24N2. The molecule has 2 aromatic rings. The minimum Gasteiger partial charge on any atom is -0.367 e. The lowest BCUT2D eigenvalue weighted by molar-refractivity contribution is 0.483. The first kappa shape index (κ1) is 13.9. The molecule has 1 aromatic carbocycles. The predicted molar refractivity (Wildman–Crippen MR) is 83.6 cm³/mol. The van der Waals surface area contributed by atoms with Gasteiger partial charge in [-0.05, 0) is 43.9 Å². The van der Waals surface area contributed by atoms with Gasteiger partial charge in [0.1, 0.15) is 5.82 Å². The number of hydrogen-bond donors (Lipinski definition) is 1. The molecule has 2 heteroatoms. The second-order valence-electron chi connectivity index (χ2n) is 5.64. The summed E-state index contributed by atoms with van der Waals surface area (Å²) in [7, 11) is 0. The van der Waals surface area contributed by atoms with Crippen LogP contribution in [0.5, 0.6) is 0 Å². The van der Waals surface area contributed by atoms with Crippen molar-refractivity contribution in [2.24, 2.45) is 5.92 Å². The van der Waals surface area contributed by atoms with Crippen LogP contribution in [0.2, 0.25) is 0 Å². The summed E-state index contributed by atoms with van der Waals surface area (Å²) >= 11 is 0. The number of anilines is 1. The van der Waals surface area contributed by atoms with Crippen LogP contribution in [0.25, 0.3) is 10.9 Å². The second kappa shape index (κ2) is 6.05. The number of aryl methyl sites for hydroxylation is 1. The lowest BCUT2D eigenvalue weighted by atomic mass is 10.0. The number of benzene rings is 1. The fourth-order valence-electron chi connectivity index (χ4n) is 2.43. The van der Waals surface area contributed by atoms with Crippen molar-refractivity contribution in [3.63, 3.8) is 0 Å². The van der Waals surface area contributed by atoms with Crippen LogP contribution in [-0.2, 0) is 0 Å². The molecule has 0 saturated heterocycles. The third-order valence-corrected chi connectivity index (χ3v) is 3.75. The van der Waals surface area contributed by atoms with Gasteiger partial charge in [-0.1, -0.05) is 38.5 Å². The summed E-state index contributed by atoms with van der Waals surface area (Å²) in [6.45, 7) is 8.91. The van der Waals surface area contributed by atoms with Crippen LogP contribution in [0.1, 0.15) is 39.2 Å². The minimum absolute atomic E-state index is 0.460. The largest absolute Gasteiger partial charge is 0.367 e. The van der Waals surface area contributed by atoms with Crippen molar-refractivity contribution in [3.8, 4) is 0 Å². The van der Waals surface area contributed by atoms with Crippen LogP contribution in [-0.4, -0.2) is 11.0 Å². The first-order valence-electron chi connectivity index (χ1n) is 7.23. The van der Waals surface area contributed by atoms with Crippen molar-refractivity contribution in [3.05, 3.63) is 35.9 Å². The van der Waals surface area contributed by atoms with Gasteiger partial charge in [0.2, 0.25) is 0 Å². The highest BCUT2D eigenvalue weighted by atomic mass is 15.0. The maximum atomic E-state index is 4.74. The molecule has 0 radical (unpaired) electrons. The Balaban J connectivity index is 2.18. The standard InChI is InChI=1S/C17H24N2/c1-5-12(2)10-14(4)18-17-13(3)11-15-8-6-7-9-16(15)19-17/h6-9,11-12,14H,5,10H2,1-4H3,(H,18,19). The first-order chi connectivity index (χ1) is 9.10. The fraction of sp³-hybridized carbons (Fsp3) is 0.471. The van der Waals surface area contributed by atoms with E-state index in [4.69, 9.17) is 4.98 Å². The fourth-order valence-corrected chi connectivity index (χ4v) is 2.43. The Hall–Kier alpha value is -1.57. The highest BCUT2D eigenvalue weighted by molar-refractivity contribution is 5.81. The Morgan fingerprint density at radius 3 is 2.68 bits per heavy atom. The third-order valence-electron chi connectivity index (χ3n) is 3.75. The quantitative estimate of drug-likeness (QED) is 0.832. The maximum Gasteiger partial charge on any atom is 0.129 e. The molecule has 1 N–H and O–H groups in total. The molecule has 0 bridgehead atoms. The molecule has 2 nitrogen and oxygen atoms in total. The first-order valence-corrected chi connectivity index (χ1v) is 7.23. The summed E-state index contributed by atoms with van der Waals surface area (Å²) in [4.78, 5) is 4.74. The van der Waals surface area contributed by atoms with Crippen LogP contribution < -0.4 is 5.32 Å². The van der Waals surface area contributed by atoms with E-state index in [-0.39, 0.29) is 0 Å². The number of pyridine rings is 1. The summed E-state index contributed by atoms with van der Waals surface area (Å²) in [5, 5.41) is 4.76. The van der Waals surface area contributed by atoms with Crippen molar-refractivity contribution in [1.29, 1.82) is 0 Å². The number of nitrogens with zero attached hydrogens (tertiary/aromatic N) is 1. The lowest BCUT2D eigenvalue weighted by Crippen LogP contribution is -2.19. The molecule has 19 heavy (non-hydrogen) atoms. The Kier molecular flexibility index (Phi) is 4.41. The molecule has 1 heterocycles. The molecule has 2 atom stereocenters. The van der Waals surface area contributed by atoms with Crippen molar-refractivity contribution in [2.45, 2.75) is 46.6 Å².